The highest BCUT2D eigenvalue weighted by molar-refractivity contribution is 5.61. The molecule has 5 aliphatic rings. The number of nitroso groups, excluding NO2 is 1. The molecular weight excluding hydrogens is 346 g/mol. The fourth-order valence-corrected chi connectivity index (χ4v) is 10.2. The van der Waals surface area contributed by atoms with Crippen LogP contribution in [0.1, 0.15) is 91.4 Å². The van der Waals surface area contributed by atoms with Crippen LogP contribution in [-0.2, 0) is 4.79 Å². The highest BCUT2D eigenvalue weighted by Crippen LogP contribution is 2.71. The largest absolute Gasteiger partial charge is 0.303 e. The van der Waals surface area contributed by atoms with E-state index in [4.69, 9.17) is 0 Å². The van der Waals surface area contributed by atoms with Crippen LogP contribution in [0.15, 0.2) is 5.18 Å². The maximum Gasteiger partial charge on any atom is 0.126 e. The van der Waals surface area contributed by atoms with Crippen LogP contribution in [0.4, 0.5) is 0 Å². The summed E-state index contributed by atoms with van der Waals surface area (Å²) in [6.45, 7) is 7.51. The molecule has 0 aliphatic heterocycles. The molecule has 156 valence electrons. The third kappa shape index (κ3) is 2.31. The molecule has 0 heterocycles. The molecule has 10 atom stereocenters. The van der Waals surface area contributed by atoms with Crippen LogP contribution in [0.5, 0.6) is 0 Å². The third-order valence-corrected chi connectivity index (χ3v) is 11.5. The molecule has 0 radical (unpaired) electrons. The van der Waals surface area contributed by atoms with E-state index in [1.165, 1.54) is 57.7 Å². The summed E-state index contributed by atoms with van der Waals surface area (Å²) in [5, 5.41) is 3.51. The van der Waals surface area contributed by atoms with Gasteiger partial charge in [0.1, 0.15) is 6.29 Å². The second-order valence-corrected chi connectivity index (χ2v) is 12.0. The zero-order valence-corrected chi connectivity index (χ0v) is 18.2. The van der Waals surface area contributed by atoms with Crippen LogP contribution >= 0.6 is 0 Å². The molecule has 0 saturated heterocycles. The molecule has 0 aromatic heterocycles. The summed E-state index contributed by atoms with van der Waals surface area (Å²) < 4.78 is 0. The SMILES string of the molecule is CC1C(N=O)CCC2(C)C1CCC1(C)C3CCC4(C=O)CCCC4C3CCC21. The fourth-order valence-electron chi connectivity index (χ4n) is 10.2. The van der Waals surface area contributed by atoms with Gasteiger partial charge in [-0.25, -0.2) is 0 Å². The number of carbonyl (C=O) groups excluding carboxylic acids is 1. The summed E-state index contributed by atoms with van der Waals surface area (Å²) in [5.74, 6) is 4.18. The van der Waals surface area contributed by atoms with Crippen molar-refractivity contribution >= 4 is 6.29 Å². The summed E-state index contributed by atoms with van der Waals surface area (Å²) in [5.41, 5.74) is 0.855. The highest BCUT2D eigenvalue weighted by atomic mass is 16.3. The lowest BCUT2D eigenvalue weighted by Crippen LogP contribution is -2.61. The van der Waals surface area contributed by atoms with Crippen molar-refractivity contribution in [2.75, 3.05) is 0 Å². The Labute approximate surface area is 170 Å². The molecule has 0 aromatic carbocycles. The average Bonchev–Trinajstić information content (AvgIpc) is 3.13. The second-order valence-electron chi connectivity index (χ2n) is 12.0. The van der Waals surface area contributed by atoms with Crippen molar-refractivity contribution in [1.82, 2.24) is 0 Å². The van der Waals surface area contributed by atoms with Crippen molar-refractivity contribution in [2.24, 2.45) is 56.9 Å². The summed E-state index contributed by atoms with van der Waals surface area (Å²) in [7, 11) is 0. The molecule has 0 spiro atoms. The van der Waals surface area contributed by atoms with Gasteiger partial charge in [-0.2, -0.15) is 4.91 Å². The Balaban J connectivity index is 1.46. The average molecular weight is 386 g/mol. The van der Waals surface area contributed by atoms with Crippen molar-refractivity contribution in [1.29, 1.82) is 0 Å². The summed E-state index contributed by atoms with van der Waals surface area (Å²) in [6.07, 6.45) is 15.0. The minimum absolute atomic E-state index is 0.0354. The van der Waals surface area contributed by atoms with E-state index in [2.05, 4.69) is 25.9 Å². The first-order valence-corrected chi connectivity index (χ1v) is 12.2. The summed E-state index contributed by atoms with van der Waals surface area (Å²) >= 11 is 0. The number of aldehydes is 1. The minimum Gasteiger partial charge on any atom is -0.303 e. The molecule has 5 saturated carbocycles. The number of carbonyl (C=O) groups is 1. The molecule has 0 bridgehead atoms. The predicted molar refractivity (Wildman–Crippen MR) is 112 cm³/mol. The molecule has 28 heavy (non-hydrogen) atoms. The quantitative estimate of drug-likeness (QED) is 0.408. The summed E-state index contributed by atoms with van der Waals surface area (Å²) in [4.78, 5) is 23.5. The lowest BCUT2D eigenvalue weighted by atomic mass is 9.37. The monoisotopic (exact) mass is 385 g/mol. The number of nitrogens with zero attached hydrogens (tertiary/aromatic N) is 1. The Morgan fingerprint density at radius 1 is 0.821 bits per heavy atom. The second kappa shape index (κ2) is 6.38. The molecule has 0 aromatic rings. The Kier molecular flexibility index (Phi) is 4.39. The van der Waals surface area contributed by atoms with E-state index >= 15 is 0 Å². The predicted octanol–water partition coefficient (Wildman–Crippen LogP) is 6.40. The number of rotatable bonds is 2. The van der Waals surface area contributed by atoms with Crippen LogP contribution in [0.2, 0.25) is 0 Å². The van der Waals surface area contributed by atoms with Gasteiger partial charge in [-0.3, -0.25) is 0 Å². The van der Waals surface area contributed by atoms with Gasteiger partial charge >= 0.3 is 0 Å². The van der Waals surface area contributed by atoms with Gasteiger partial charge in [-0.1, -0.05) is 32.4 Å². The summed E-state index contributed by atoms with van der Waals surface area (Å²) in [6, 6.07) is 0.0418. The van der Waals surface area contributed by atoms with E-state index in [1.54, 1.807) is 0 Å². The zero-order valence-electron chi connectivity index (χ0n) is 18.2. The zero-order chi connectivity index (χ0) is 19.7. The lowest BCUT2D eigenvalue weighted by molar-refractivity contribution is -0.184. The first-order chi connectivity index (χ1) is 13.4. The van der Waals surface area contributed by atoms with E-state index in [0.29, 0.717) is 28.6 Å². The third-order valence-electron chi connectivity index (χ3n) is 11.5. The number of hydrogen-bond acceptors (Lipinski definition) is 3. The molecule has 3 heteroatoms. The molecule has 3 nitrogen and oxygen atoms in total. The van der Waals surface area contributed by atoms with Crippen molar-refractivity contribution in [3.63, 3.8) is 0 Å². The minimum atomic E-state index is 0.0354. The molecule has 0 N–H and O–H groups in total. The maximum atomic E-state index is 12.1. The number of fused-ring (bicyclic) bond motifs is 7. The van der Waals surface area contributed by atoms with Gasteiger partial charge < -0.3 is 4.79 Å². The first kappa shape index (κ1) is 19.2. The topological polar surface area (TPSA) is 46.5 Å². The van der Waals surface area contributed by atoms with Gasteiger partial charge in [0.2, 0.25) is 0 Å². The van der Waals surface area contributed by atoms with Gasteiger partial charge in [-0.05, 0) is 111 Å². The number of hydrogen-bond donors (Lipinski definition) is 0. The van der Waals surface area contributed by atoms with E-state index in [1.807, 2.05) is 0 Å². The van der Waals surface area contributed by atoms with E-state index < -0.39 is 0 Å². The molecule has 5 fully saturated rings. The Bertz CT molecular complexity index is 663. The smallest absolute Gasteiger partial charge is 0.126 e. The van der Waals surface area contributed by atoms with Crippen molar-refractivity contribution in [3.05, 3.63) is 4.91 Å². The van der Waals surface area contributed by atoms with Crippen LogP contribution in [0.25, 0.3) is 0 Å². The standard InChI is InChI=1S/C25H39NO2/c1-16-18-8-12-24(3)19-9-14-25(15-27)11-4-5-20(25)17(19)6-7-22(24)23(18,2)13-10-21(16)26-28/h15-22H,4-14H2,1-3H3. The lowest BCUT2D eigenvalue weighted by Gasteiger charge is -2.67. The van der Waals surface area contributed by atoms with Gasteiger partial charge in [0.05, 0.1) is 6.04 Å². The molecule has 5 aliphatic carbocycles. The normalized spacial score (nSPS) is 58.0. The van der Waals surface area contributed by atoms with E-state index in [-0.39, 0.29) is 11.5 Å². The van der Waals surface area contributed by atoms with Crippen LogP contribution in [0.3, 0.4) is 0 Å². The van der Waals surface area contributed by atoms with Crippen molar-refractivity contribution in [3.8, 4) is 0 Å². The highest BCUT2D eigenvalue weighted by Gasteiger charge is 2.64. The molecule has 5 rings (SSSR count). The van der Waals surface area contributed by atoms with Gasteiger partial charge in [0.15, 0.2) is 0 Å². The van der Waals surface area contributed by atoms with Crippen molar-refractivity contribution < 1.29 is 4.79 Å². The molecule has 10 unspecified atom stereocenters. The van der Waals surface area contributed by atoms with Gasteiger partial charge in [0.25, 0.3) is 0 Å². The first-order valence-electron chi connectivity index (χ1n) is 12.2. The molecular formula is C25H39NO2. The van der Waals surface area contributed by atoms with Gasteiger partial charge in [-0.15, -0.1) is 0 Å². The Morgan fingerprint density at radius 2 is 1.54 bits per heavy atom. The van der Waals surface area contributed by atoms with Crippen molar-refractivity contribution in [2.45, 2.75) is 97.4 Å². The maximum absolute atomic E-state index is 12.1. The van der Waals surface area contributed by atoms with Crippen LogP contribution in [0, 0.1) is 56.7 Å². The van der Waals surface area contributed by atoms with E-state index in [9.17, 15) is 9.70 Å². The Morgan fingerprint density at radius 3 is 2.29 bits per heavy atom. The van der Waals surface area contributed by atoms with Crippen LogP contribution < -0.4 is 0 Å². The van der Waals surface area contributed by atoms with E-state index in [0.717, 1.165) is 37.0 Å². The molecule has 0 amide bonds. The Hall–Kier alpha value is -0.730. The fraction of sp³-hybridized carbons (Fsp3) is 0.960. The van der Waals surface area contributed by atoms with Crippen LogP contribution in [-0.4, -0.2) is 12.3 Å². The van der Waals surface area contributed by atoms with Gasteiger partial charge in [0, 0.05) is 5.41 Å².